The van der Waals surface area contributed by atoms with Gasteiger partial charge in [-0.15, -0.1) is 0 Å². The van der Waals surface area contributed by atoms with E-state index in [0.717, 1.165) is 18.4 Å². The lowest BCUT2D eigenvalue weighted by atomic mass is 9.96. The quantitative estimate of drug-likeness (QED) is 0.772. The molecule has 19 heavy (non-hydrogen) atoms. The third-order valence-corrected chi connectivity index (χ3v) is 3.50. The zero-order valence-corrected chi connectivity index (χ0v) is 10.9. The summed E-state index contributed by atoms with van der Waals surface area (Å²) < 4.78 is 0. The summed E-state index contributed by atoms with van der Waals surface area (Å²) in [5.41, 5.74) is 0.234. The number of carboxylic acids is 1. The number of carbonyl (C=O) groups is 2. The Kier molecular flexibility index (Phi) is 3.42. The highest BCUT2D eigenvalue weighted by Gasteiger charge is 2.48. The van der Waals surface area contributed by atoms with Gasteiger partial charge in [0, 0.05) is 6.20 Å². The summed E-state index contributed by atoms with van der Waals surface area (Å²) in [6.07, 6.45) is 4.82. The molecule has 102 valence electrons. The third-order valence-electron chi connectivity index (χ3n) is 3.50. The molecule has 0 aliphatic heterocycles. The first-order valence-electron chi connectivity index (χ1n) is 6.16. The normalized spacial score (nSPS) is 17.4. The molecule has 0 radical (unpaired) electrons. The van der Waals surface area contributed by atoms with Crippen LogP contribution in [0, 0.1) is 12.8 Å². The van der Waals surface area contributed by atoms with Crippen molar-refractivity contribution in [2.45, 2.75) is 32.2 Å². The van der Waals surface area contributed by atoms with Crippen LogP contribution in [0.1, 0.15) is 25.3 Å². The minimum absolute atomic E-state index is 0.00532. The molecular formula is C13H17N3O3. The van der Waals surface area contributed by atoms with Crippen molar-refractivity contribution in [1.29, 1.82) is 0 Å². The number of hydrogen-bond donors (Lipinski definition) is 3. The number of aromatic nitrogens is 1. The number of aliphatic carboxylic acids is 1. The summed E-state index contributed by atoms with van der Waals surface area (Å²) in [6, 6.07) is 1.25. The van der Waals surface area contributed by atoms with Crippen LogP contribution < -0.4 is 10.6 Å². The molecule has 1 saturated carbocycles. The Morgan fingerprint density at radius 2 is 2.16 bits per heavy atom. The van der Waals surface area contributed by atoms with E-state index in [1.165, 1.54) is 6.20 Å². The summed E-state index contributed by atoms with van der Waals surface area (Å²) in [6.45, 7) is 3.39. The van der Waals surface area contributed by atoms with Gasteiger partial charge in [-0.25, -0.2) is 9.59 Å². The van der Waals surface area contributed by atoms with Crippen LogP contribution in [-0.2, 0) is 4.79 Å². The number of urea groups is 1. The minimum atomic E-state index is -1.21. The van der Waals surface area contributed by atoms with Gasteiger partial charge in [0.15, 0.2) is 0 Å². The number of carbonyl (C=O) groups excluding carboxylic acids is 1. The maximum Gasteiger partial charge on any atom is 0.329 e. The predicted octanol–water partition coefficient (Wildman–Crippen LogP) is 1.76. The van der Waals surface area contributed by atoms with E-state index in [1.54, 1.807) is 19.2 Å². The Hall–Kier alpha value is -2.11. The molecule has 0 saturated heterocycles. The van der Waals surface area contributed by atoms with Crippen molar-refractivity contribution < 1.29 is 14.7 Å². The molecule has 2 amide bonds. The van der Waals surface area contributed by atoms with E-state index in [2.05, 4.69) is 15.6 Å². The Balaban J connectivity index is 2.05. The second kappa shape index (κ2) is 4.87. The fraction of sp³-hybridized carbons (Fsp3) is 0.462. The number of hydrogen-bond acceptors (Lipinski definition) is 3. The van der Waals surface area contributed by atoms with Gasteiger partial charge in [0.1, 0.15) is 5.54 Å². The van der Waals surface area contributed by atoms with Crippen LogP contribution >= 0.6 is 0 Å². The highest BCUT2D eigenvalue weighted by atomic mass is 16.4. The summed E-state index contributed by atoms with van der Waals surface area (Å²) >= 11 is 0. The molecule has 1 aliphatic carbocycles. The first-order chi connectivity index (χ1) is 8.93. The maximum atomic E-state index is 11.9. The van der Waals surface area contributed by atoms with Crippen molar-refractivity contribution in [3.63, 3.8) is 0 Å². The second-order valence-electron chi connectivity index (χ2n) is 5.05. The standard InChI is InChI=1S/C13H17N3O3/c1-8-5-6-14-7-10(8)15-12(19)16-13(2,11(17)18)9-3-4-9/h5-7,9H,3-4H2,1-2H3,(H,17,18)(H2,15,16,19). The highest BCUT2D eigenvalue weighted by Crippen LogP contribution is 2.39. The van der Waals surface area contributed by atoms with E-state index in [1.807, 2.05) is 6.92 Å². The van der Waals surface area contributed by atoms with Crippen LogP contribution in [0.15, 0.2) is 18.5 Å². The molecule has 1 fully saturated rings. The van der Waals surface area contributed by atoms with Crippen LogP contribution in [0.2, 0.25) is 0 Å². The highest BCUT2D eigenvalue weighted by molar-refractivity contribution is 5.94. The average molecular weight is 263 g/mol. The summed E-state index contributed by atoms with van der Waals surface area (Å²) in [5.74, 6) is -1.00. The van der Waals surface area contributed by atoms with Crippen molar-refractivity contribution >= 4 is 17.7 Å². The number of amides is 2. The van der Waals surface area contributed by atoms with E-state index < -0.39 is 17.5 Å². The molecule has 1 aromatic rings. The first-order valence-corrected chi connectivity index (χ1v) is 6.16. The topological polar surface area (TPSA) is 91.3 Å². The van der Waals surface area contributed by atoms with Crippen molar-refractivity contribution in [1.82, 2.24) is 10.3 Å². The number of anilines is 1. The largest absolute Gasteiger partial charge is 0.480 e. The van der Waals surface area contributed by atoms with Crippen molar-refractivity contribution in [2.75, 3.05) is 5.32 Å². The van der Waals surface area contributed by atoms with Gasteiger partial charge in [-0.2, -0.15) is 0 Å². The van der Waals surface area contributed by atoms with Gasteiger partial charge in [0.25, 0.3) is 0 Å². The average Bonchev–Trinajstić information content (AvgIpc) is 3.16. The van der Waals surface area contributed by atoms with E-state index in [0.29, 0.717) is 5.69 Å². The molecule has 3 N–H and O–H groups in total. The van der Waals surface area contributed by atoms with Crippen LogP contribution in [0.25, 0.3) is 0 Å². The summed E-state index contributed by atoms with van der Waals surface area (Å²) in [5, 5.41) is 14.4. The maximum absolute atomic E-state index is 11.9. The molecule has 0 aromatic carbocycles. The molecule has 6 heteroatoms. The summed E-state index contributed by atoms with van der Waals surface area (Å²) in [7, 11) is 0. The molecule has 1 heterocycles. The monoisotopic (exact) mass is 263 g/mol. The smallest absolute Gasteiger partial charge is 0.329 e. The lowest BCUT2D eigenvalue weighted by Gasteiger charge is -2.26. The van der Waals surface area contributed by atoms with Gasteiger partial charge >= 0.3 is 12.0 Å². The Morgan fingerprint density at radius 3 is 2.68 bits per heavy atom. The Morgan fingerprint density at radius 1 is 1.47 bits per heavy atom. The van der Waals surface area contributed by atoms with Gasteiger partial charge in [-0.1, -0.05) is 0 Å². The number of nitrogens with one attached hydrogen (secondary N) is 2. The van der Waals surface area contributed by atoms with Gasteiger partial charge in [-0.3, -0.25) is 4.98 Å². The number of rotatable bonds is 4. The number of nitrogens with zero attached hydrogens (tertiary/aromatic N) is 1. The minimum Gasteiger partial charge on any atom is -0.480 e. The van der Waals surface area contributed by atoms with Gasteiger partial charge < -0.3 is 15.7 Å². The van der Waals surface area contributed by atoms with Crippen LogP contribution in [0.3, 0.4) is 0 Å². The number of pyridine rings is 1. The molecule has 1 aromatic heterocycles. The second-order valence-corrected chi connectivity index (χ2v) is 5.05. The van der Waals surface area contributed by atoms with E-state index in [9.17, 15) is 14.7 Å². The Labute approximate surface area is 111 Å². The van der Waals surface area contributed by atoms with Gasteiger partial charge in [-0.05, 0) is 44.2 Å². The predicted molar refractivity (Wildman–Crippen MR) is 69.9 cm³/mol. The molecule has 1 unspecified atom stereocenters. The van der Waals surface area contributed by atoms with Gasteiger partial charge in [0.2, 0.25) is 0 Å². The molecule has 6 nitrogen and oxygen atoms in total. The zero-order valence-electron chi connectivity index (χ0n) is 10.9. The molecule has 0 spiro atoms. The Bertz CT molecular complexity index is 514. The van der Waals surface area contributed by atoms with E-state index in [-0.39, 0.29) is 5.92 Å². The van der Waals surface area contributed by atoms with Crippen LogP contribution in [0.5, 0.6) is 0 Å². The molecular weight excluding hydrogens is 246 g/mol. The first kappa shape index (κ1) is 13.3. The third kappa shape index (κ3) is 2.83. The van der Waals surface area contributed by atoms with Crippen molar-refractivity contribution in [3.8, 4) is 0 Å². The lowest BCUT2D eigenvalue weighted by molar-refractivity contribution is -0.144. The molecule has 0 bridgehead atoms. The number of carboxylic acid groups (broad SMARTS) is 1. The molecule has 1 aliphatic rings. The van der Waals surface area contributed by atoms with Crippen molar-refractivity contribution in [3.05, 3.63) is 24.0 Å². The van der Waals surface area contributed by atoms with Crippen LogP contribution in [0.4, 0.5) is 10.5 Å². The van der Waals surface area contributed by atoms with Gasteiger partial charge in [0.05, 0.1) is 11.9 Å². The number of aryl methyl sites for hydroxylation is 1. The lowest BCUT2D eigenvalue weighted by Crippen LogP contribution is -2.55. The fourth-order valence-corrected chi connectivity index (χ4v) is 1.98. The zero-order chi connectivity index (χ0) is 14.0. The van der Waals surface area contributed by atoms with E-state index in [4.69, 9.17) is 0 Å². The molecule has 1 atom stereocenters. The van der Waals surface area contributed by atoms with E-state index >= 15 is 0 Å². The summed E-state index contributed by atoms with van der Waals surface area (Å²) in [4.78, 5) is 27.1. The van der Waals surface area contributed by atoms with Crippen molar-refractivity contribution in [2.24, 2.45) is 5.92 Å². The SMILES string of the molecule is Cc1ccncc1NC(=O)NC(C)(C(=O)O)C1CC1. The van der Waals surface area contributed by atoms with Crippen LogP contribution in [-0.4, -0.2) is 27.6 Å². The molecule has 2 rings (SSSR count). The fourth-order valence-electron chi connectivity index (χ4n) is 1.98.